The molecule has 0 saturated carbocycles. The minimum absolute atomic E-state index is 0.0742. The van der Waals surface area contributed by atoms with E-state index in [0.717, 1.165) is 193 Å². The molecule has 588 valence electrons. The third-order valence-electron chi connectivity index (χ3n) is 16.7. The highest BCUT2D eigenvalue weighted by molar-refractivity contribution is 7.47. The number of carbonyl (C=O) groups is 4. The Balaban J connectivity index is 5.37. The lowest BCUT2D eigenvalue weighted by Gasteiger charge is -2.21. The van der Waals surface area contributed by atoms with Crippen LogP contribution in [-0.4, -0.2) is 96.7 Å². The van der Waals surface area contributed by atoms with Gasteiger partial charge in [-0.2, -0.15) is 0 Å². The van der Waals surface area contributed by atoms with Crippen molar-refractivity contribution in [1.82, 2.24) is 0 Å². The molecule has 19 heteroatoms. The topological polar surface area (TPSA) is 237 Å². The van der Waals surface area contributed by atoms with Crippen molar-refractivity contribution in [3.05, 3.63) is 109 Å². The predicted octanol–water partition coefficient (Wildman–Crippen LogP) is 23.3. The summed E-state index contributed by atoms with van der Waals surface area (Å²) in [7, 11) is -9.97. The second-order valence-electron chi connectivity index (χ2n) is 26.6. The lowest BCUT2D eigenvalue weighted by Crippen LogP contribution is -2.30. The molecule has 5 atom stereocenters. The summed E-state index contributed by atoms with van der Waals surface area (Å²) in [6, 6.07) is 0. The summed E-state index contributed by atoms with van der Waals surface area (Å²) in [6.07, 6.45) is 80.6. The number of aliphatic hydroxyl groups excluding tert-OH is 1. The van der Waals surface area contributed by atoms with E-state index >= 15 is 0 Å². The molecule has 0 aliphatic rings. The van der Waals surface area contributed by atoms with Gasteiger partial charge in [0.15, 0.2) is 12.2 Å². The highest BCUT2D eigenvalue weighted by atomic mass is 31.2. The first-order chi connectivity index (χ1) is 49.7. The summed E-state index contributed by atoms with van der Waals surface area (Å²) in [5.41, 5.74) is 0. The number of aliphatic hydroxyl groups is 1. The quantitative estimate of drug-likeness (QED) is 0.0169. The monoisotopic (exact) mass is 1470 g/mol. The molecule has 0 radical (unpaired) electrons. The molecule has 0 fully saturated rings. The van der Waals surface area contributed by atoms with Crippen molar-refractivity contribution in [3.63, 3.8) is 0 Å². The Morgan fingerprint density at radius 3 is 0.814 bits per heavy atom. The van der Waals surface area contributed by atoms with Crippen molar-refractivity contribution in [3.8, 4) is 0 Å². The van der Waals surface area contributed by atoms with Gasteiger partial charge in [0.25, 0.3) is 0 Å². The molecule has 0 aromatic heterocycles. The minimum atomic E-state index is -4.99. The van der Waals surface area contributed by atoms with Crippen LogP contribution < -0.4 is 0 Å². The number of hydrogen-bond acceptors (Lipinski definition) is 15. The number of carbonyl (C=O) groups excluding carboxylic acids is 4. The summed E-state index contributed by atoms with van der Waals surface area (Å²) in [5, 5.41) is 10.6. The molecule has 0 spiro atoms. The fraction of sp³-hybridized carbons (Fsp3) is 0.735. The van der Waals surface area contributed by atoms with E-state index in [1.807, 2.05) is 0 Å². The van der Waals surface area contributed by atoms with Gasteiger partial charge in [0.2, 0.25) is 0 Å². The van der Waals surface area contributed by atoms with E-state index < -0.39 is 97.5 Å². The summed E-state index contributed by atoms with van der Waals surface area (Å²) in [6.45, 7) is 4.67. The van der Waals surface area contributed by atoms with Crippen LogP contribution in [-0.2, 0) is 65.4 Å². The van der Waals surface area contributed by atoms with E-state index in [4.69, 9.17) is 37.0 Å². The van der Waals surface area contributed by atoms with Gasteiger partial charge >= 0.3 is 39.5 Å². The third-order valence-corrected chi connectivity index (χ3v) is 18.6. The number of rotatable bonds is 75. The molecule has 0 bridgehead atoms. The molecular weight excluding hydrogens is 1330 g/mol. The average molecular weight is 1480 g/mol. The highest BCUT2D eigenvalue weighted by Crippen LogP contribution is 2.45. The minimum Gasteiger partial charge on any atom is -0.462 e. The van der Waals surface area contributed by atoms with Crippen molar-refractivity contribution in [2.75, 3.05) is 39.6 Å². The van der Waals surface area contributed by atoms with Crippen LogP contribution in [0.3, 0.4) is 0 Å². The van der Waals surface area contributed by atoms with E-state index in [-0.39, 0.29) is 25.7 Å². The first kappa shape index (κ1) is 97.7. The van der Waals surface area contributed by atoms with Crippen LogP contribution in [0.25, 0.3) is 0 Å². The normalized spacial score (nSPS) is 14.5. The Labute approximate surface area is 619 Å². The molecule has 102 heavy (non-hydrogen) atoms. The van der Waals surface area contributed by atoms with E-state index in [2.05, 4.69) is 137 Å². The van der Waals surface area contributed by atoms with Gasteiger partial charge in [0.1, 0.15) is 19.3 Å². The second-order valence-corrected chi connectivity index (χ2v) is 29.5. The van der Waals surface area contributed by atoms with E-state index in [1.165, 1.54) is 64.2 Å². The third kappa shape index (κ3) is 74.0. The molecule has 5 unspecified atom stereocenters. The maximum absolute atomic E-state index is 13.1. The van der Waals surface area contributed by atoms with Crippen LogP contribution >= 0.6 is 15.6 Å². The zero-order valence-electron chi connectivity index (χ0n) is 64.3. The first-order valence-corrected chi connectivity index (χ1v) is 43.1. The highest BCUT2D eigenvalue weighted by Gasteiger charge is 2.30. The van der Waals surface area contributed by atoms with E-state index in [9.17, 15) is 43.2 Å². The van der Waals surface area contributed by atoms with Gasteiger partial charge in [-0.3, -0.25) is 37.3 Å². The van der Waals surface area contributed by atoms with Gasteiger partial charge in [-0.1, -0.05) is 265 Å². The van der Waals surface area contributed by atoms with E-state index in [1.54, 1.807) is 0 Å². The van der Waals surface area contributed by atoms with Crippen LogP contribution in [0.2, 0.25) is 0 Å². The Morgan fingerprint density at radius 1 is 0.284 bits per heavy atom. The van der Waals surface area contributed by atoms with Gasteiger partial charge in [-0.25, -0.2) is 9.13 Å². The van der Waals surface area contributed by atoms with Gasteiger partial charge in [-0.05, 0) is 154 Å². The number of ether oxygens (including phenoxy) is 4. The summed E-state index contributed by atoms with van der Waals surface area (Å²) >= 11 is 0. The van der Waals surface area contributed by atoms with Crippen LogP contribution in [0, 0.1) is 0 Å². The predicted molar refractivity (Wildman–Crippen MR) is 418 cm³/mol. The molecule has 0 heterocycles. The molecular formula is C83H144O17P2. The Kier molecular flexibility index (Phi) is 71.8. The van der Waals surface area contributed by atoms with E-state index in [0.29, 0.717) is 25.7 Å². The van der Waals surface area contributed by atoms with Crippen LogP contribution in [0.5, 0.6) is 0 Å². The van der Waals surface area contributed by atoms with Gasteiger partial charge < -0.3 is 33.8 Å². The molecule has 3 N–H and O–H groups in total. The molecule has 0 aliphatic heterocycles. The average Bonchev–Trinajstić information content (AvgIpc) is 0.924. The second kappa shape index (κ2) is 75.0. The van der Waals surface area contributed by atoms with Crippen molar-refractivity contribution >= 4 is 39.5 Å². The van der Waals surface area contributed by atoms with Gasteiger partial charge in [0, 0.05) is 25.7 Å². The number of allylic oxidation sites excluding steroid dienone is 18. The summed E-state index contributed by atoms with van der Waals surface area (Å²) in [5.74, 6) is -2.22. The number of phosphoric acid groups is 2. The van der Waals surface area contributed by atoms with Crippen molar-refractivity contribution in [1.29, 1.82) is 0 Å². The number of esters is 4. The zero-order valence-corrected chi connectivity index (χ0v) is 66.0. The van der Waals surface area contributed by atoms with Crippen molar-refractivity contribution < 1.29 is 80.2 Å². The van der Waals surface area contributed by atoms with Gasteiger partial charge in [-0.15, -0.1) is 0 Å². The summed E-state index contributed by atoms with van der Waals surface area (Å²) < 4.78 is 68.6. The maximum Gasteiger partial charge on any atom is 0.472 e. The largest absolute Gasteiger partial charge is 0.472 e. The molecule has 0 amide bonds. The lowest BCUT2D eigenvalue weighted by atomic mass is 10.1. The van der Waals surface area contributed by atoms with Crippen molar-refractivity contribution in [2.24, 2.45) is 0 Å². The fourth-order valence-electron chi connectivity index (χ4n) is 10.6. The SMILES string of the molecule is CC/C=C\C/C=C\C/C=C\C/C=C\CCCCCCCCC(=O)OCC(COP(=O)(O)OCC(O)COP(=O)(O)OCC(COC(=O)CCCCCCC/C=C\C/C=C\CCCCC)OC(=O)CCCCCCC/C=C\CCCCCC)OC(=O)CCCCCCC/C=C\C/C=C\CCCCC. The smallest absolute Gasteiger partial charge is 0.462 e. The van der Waals surface area contributed by atoms with Crippen LogP contribution in [0.15, 0.2) is 109 Å². The first-order valence-electron chi connectivity index (χ1n) is 40.1. The Bertz CT molecular complexity index is 2360. The molecule has 0 aromatic rings. The lowest BCUT2D eigenvalue weighted by molar-refractivity contribution is -0.161. The molecule has 0 rings (SSSR count). The van der Waals surface area contributed by atoms with Gasteiger partial charge in [0.05, 0.1) is 26.4 Å². The zero-order chi connectivity index (χ0) is 74.6. The molecule has 0 saturated heterocycles. The molecule has 0 aromatic carbocycles. The Morgan fingerprint density at radius 2 is 0.510 bits per heavy atom. The standard InChI is InChI=1S/C83H144O17P2/c1-5-9-13-17-21-25-29-33-36-37-38-39-42-45-48-52-56-60-64-68-81(86)94-74-79(100-83(88)70-66-62-58-54-50-46-41-35-31-27-23-19-15-11-7-3)76-98-102(91,92)96-72-77(84)71-95-101(89,90)97-75-78(99-82(87)69-65-61-57-53-49-43-32-28-24-20-16-12-8-4)73-93-80(85)67-63-59-55-51-47-44-40-34-30-26-22-18-14-10-6-2/h9,13,21-23,25-28,32-36,38-41,77-79,84H,5-8,10-12,14-20,24,29-31,37,42-76H2,1-4H3,(H,89,90)(H,91,92)/b13-9-,25-21-,26-22-,27-23-,32-28-,36-33-,39-38-,40-34-,41-35-. The maximum atomic E-state index is 13.1. The summed E-state index contributed by atoms with van der Waals surface area (Å²) in [4.78, 5) is 73.0. The van der Waals surface area contributed by atoms with Crippen molar-refractivity contribution in [2.45, 2.75) is 354 Å². The number of unbranched alkanes of at least 4 members (excludes halogenated alkanes) is 31. The fourth-order valence-corrected chi connectivity index (χ4v) is 12.1. The number of hydrogen-bond donors (Lipinski definition) is 3. The Hall–Kier alpha value is -4.28. The number of phosphoric ester groups is 2. The molecule has 0 aliphatic carbocycles. The molecule has 17 nitrogen and oxygen atoms in total. The van der Waals surface area contributed by atoms with Crippen LogP contribution in [0.1, 0.15) is 336 Å². The van der Waals surface area contributed by atoms with Crippen LogP contribution in [0.4, 0.5) is 0 Å².